The molecule has 0 aromatic carbocycles. The molecule has 0 spiro atoms. The predicted molar refractivity (Wildman–Crippen MR) is 67.8 cm³/mol. The Morgan fingerprint density at radius 1 is 1.41 bits per heavy atom. The van der Waals surface area contributed by atoms with Gasteiger partial charge in [0.25, 0.3) is 0 Å². The molecule has 0 aliphatic carbocycles. The number of carbonyl (C=O) groups excluding carboxylic acids is 1. The molecule has 1 fully saturated rings. The largest absolute Gasteiger partial charge is 0.380 e. The number of carbonyl (C=O) groups is 1. The van der Waals surface area contributed by atoms with Crippen LogP contribution in [-0.2, 0) is 9.53 Å². The van der Waals surface area contributed by atoms with E-state index < -0.39 is 0 Å². The van der Waals surface area contributed by atoms with Crippen molar-refractivity contribution in [1.29, 1.82) is 0 Å². The van der Waals surface area contributed by atoms with Crippen molar-refractivity contribution in [3.05, 3.63) is 0 Å². The Labute approximate surface area is 104 Å². The van der Waals surface area contributed by atoms with E-state index in [0.717, 1.165) is 13.1 Å². The van der Waals surface area contributed by atoms with E-state index in [9.17, 15) is 4.79 Å². The average molecular weight is 243 g/mol. The molecule has 0 saturated carbocycles. The van der Waals surface area contributed by atoms with Gasteiger partial charge in [0, 0.05) is 26.7 Å². The number of likely N-dealkylation sites (tertiary alicyclic amines) is 1. The van der Waals surface area contributed by atoms with E-state index in [-0.39, 0.29) is 12.0 Å². The number of hydrogen-bond donors (Lipinski definition) is 2. The van der Waals surface area contributed by atoms with Gasteiger partial charge in [-0.3, -0.25) is 4.79 Å². The molecule has 1 saturated heterocycles. The summed E-state index contributed by atoms with van der Waals surface area (Å²) in [5.74, 6) is 0.0271. The van der Waals surface area contributed by atoms with Gasteiger partial charge in [-0.15, -0.1) is 0 Å². The molecule has 5 heteroatoms. The Hall–Kier alpha value is -0.650. The lowest BCUT2D eigenvalue weighted by atomic mass is 10.1. The van der Waals surface area contributed by atoms with Crippen LogP contribution >= 0.6 is 0 Å². The Balaban J connectivity index is 2.06. The summed E-state index contributed by atoms with van der Waals surface area (Å²) in [5, 5.41) is 2.91. The third kappa shape index (κ3) is 6.00. The highest BCUT2D eigenvalue weighted by Crippen LogP contribution is 2.07. The fourth-order valence-electron chi connectivity index (χ4n) is 2.08. The quantitative estimate of drug-likeness (QED) is 0.658. The van der Waals surface area contributed by atoms with Crippen molar-refractivity contribution in [2.75, 3.05) is 39.8 Å². The van der Waals surface area contributed by atoms with Crippen molar-refractivity contribution in [1.82, 2.24) is 10.2 Å². The fraction of sp³-hybridized carbons (Fsp3) is 0.917. The van der Waals surface area contributed by atoms with Crippen LogP contribution < -0.4 is 11.1 Å². The Morgan fingerprint density at radius 2 is 2.12 bits per heavy atom. The van der Waals surface area contributed by atoms with Gasteiger partial charge in [0.1, 0.15) is 0 Å². The van der Waals surface area contributed by atoms with E-state index in [1.165, 1.54) is 32.4 Å². The highest BCUT2D eigenvalue weighted by molar-refractivity contribution is 5.76. The Morgan fingerprint density at radius 3 is 2.71 bits per heavy atom. The lowest BCUT2D eigenvalue weighted by Crippen LogP contribution is -2.39. The van der Waals surface area contributed by atoms with Crippen LogP contribution in [0.2, 0.25) is 0 Å². The molecule has 1 aliphatic rings. The molecule has 5 nitrogen and oxygen atoms in total. The standard InChI is InChI=1S/C12H25N3O2/c1-17-11(10-13)9-12(16)14-5-8-15-6-3-2-4-7-15/h11H,2-10,13H2,1H3,(H,14,16). The zero-order valence-electron chi connectivity index (χ0n) is 10.8. The van der Waals surface area contributed by atoms with Gasteiger partial charge >= 0.3 is 0 Å². The SMILES string of the molecule is COC(CN)CC(=O)NCCN1CCCCC1. The summed E-state index contributed by atoms with van der Waals surface area (Å²) in [4.78, 5) is 14.0. The number of methoxy groups -OCH3 is 1. The van der Waals surface area contributed by atoms with Crippen molar-refractivity contribution >= 4 is 5.91 Å². The van der Waals surface area contributed by atoms with E-state index in [0.29, 0.717) is 13.0 Å². The molecule has 1 amide bonds. The monoisotopic (exact) mass is 243 g/mol. The maximum atomic E-state index is 11.5. The molecule has 3 N–H and O–H groups in total. The number of nitrogens with two attached hydrogens (primary N) is 1. The third-order valence-corrected chi connectivity index (χ3v) is 3.21. The van der Waals surface area contributed by atoms with Crippen molar-refractivity contribution in [2.45, 2.75) is 31.8 Å². The van der Waals surface area contributed by atoms with Crippen LogP contribution in [0.3, 0.4) is 0 Å². The topological polar surface area (TPSA) is 67.6 Å². The summed E-state index contributed by atoms with van der Waals surface area (Å²) >= 11 is 0. The predicted octanol–water partition coefficient (Wildman–Crippen LogP) is -0.0477. The summed E-state index contributed by atoms with van der Waals surface area (Å²) in [6, 6.07) is 0. The van der Waals surface area contributed by atoms with Gasteiger partial charge in [0.05, 0.1) is 12.5 Å². The molecule has 0 aromatic rings. The molecular weight excluding hydrogens is 218 g/mol. The van der Waals surface area contributed by atoms with Gasteiger partial charge < -0.3 is 20.7 Å². The molecule has 100 valence electrons. The number of rotatable bonds is 7. The van der Waals surface area contributed by atoms with Crippen molar-refractivity contribution in [3.8, 4) is 0 Å². The van der Waals surface area contributed by atoms with E-state index in [1.54, 1.807) is 7.11 Å². The normalized spacial score (nSPS) is 18.9. The molecular formula is C12H25N3O2. The van der Waals surface area contributed by atoms with Gasteiger partial charge in [-0.2, -0.15) is 0 Å². The lowest BCUT2D eigenvalue weighted by molar-refractivity contribution is -0.123. The van der Waals surface area contributed by atoms with Gasteiger partial charge in [0.15, 0.2) is 0 Å². The molecule has 1 heterocycles. The van der Waals surface area contributed by atoms with E-state index in [2.05, 4.69) is 10.2 Å². The zero-order valence-corrected chi connectivity index (χ0v) is 10.8. The lowest BCUT2D eigenvalue weighted by Gasteiger charge is -2.26. The average Bonchev–Trinajstić information content (AvgIpc) is 2.37. The fourth-order valence-corrected chi connectivity index (χ4v) is 2.08. The molecule has 1 rings (SSSR count). The van der Waals surface area contributed by atoms with Crippen LogP contribution in [0.1, 0.15) is 25.7 Å². The summed E-state index contributed by atoms with van der Waals surface area (Å²) in [6.45, 7) is 4.39. The molecule has 17 heavy (non-hydrogen) atoms. The number of nitrogens with zero attached hydrogens (tertiary/aromatic N) is 1. The maximum Gasteiger partial charge on any atom is 0.222 e. The number of amides is 1. The number of ether oxygens (including phenoxy) is 1. The van der Waals surface area contributed by atoms with E-state index in [4.69, 9.17) is 10.5 Å². The second kappa shape index (κ2) is 8.44. The highest BCUT2D eigenvalue weighted by Gasteiger charge is 2.12. The van der Waals surface area contributed by atoms with Gasteiger partial charge in [-0.05, 0) is 25.9 Å². The van der Waals surface area contributed by atoms with E-state index in [1.807, 2.05) is 0 Å². The first-order chi connectivity index (χ1) is 8.26. The summed E-state index contributed by atoms with van der Waals surface area (Å²) in [7, 11) is 1.58. The van der Waals surface area contributed by atoms with Crippen LogP contribution in [0.4, 0.5) is 0 Å². The van der Waals surface area contributed by atoms with Gasteiger partial charge in [-0.25, -0.2) is 0 Å². The molecule has 0 bridgehead atoms. The first-order valence-electron chi connectivity index (χ1n) is 6.48. The van der Waals surface area contributed by atoms with Crippen molar-refractivity contribution < 1.29 is 9.53 Å². The van der Waals surface area contributed by atoms with Crippen molar-refractivity contribution in [2.24, 2.45) is 5.73 Å². The molecule has 1 atom stereocenters. The van der Waals surface area contributed by atoms with Crippen LogP contribution in [0.25, 0.3) is 0 Å². The van der Waals surface area contributed by atoms with E-state index >= 15 is 0 Å². The number of piperidine rings is 1. The number of hydrogen-bond acceptors (Lipinski definition) is 4. The second-order valence-electron chi connectivity index (χ2n) is 4.55. The van der Waals surface area contributed by atoms with Gasteiger partial charge in [0.2, 0.25) is 5.91 Å². The number of nitrogens with one attached hydrogen (secondary N) is 1. The smallest absolute Gasteiger partial charge is 0.222 e. The second-order valence-corrected chi connectivity index (χ2v) is 4.55. The summed E-state index contributed by atoms with van der Waals surface area (Å²) in [5.41, 5.74) is 5.46. The molecule has 0 aromatic heterocycles. The van der Waals surface area contributed by atoms with Crippen LogP contribution in [0.5, 0.6) is 0 Å². The Kier molecular flexibility index (Phi) is 7.16. The minimum atomic E-state index is -0.162. The first kappa shape index (κ1) is 14.4. The minimum Gasteiger partial charge on any atom is -0.380 e. The van der Waals surface area contributed by atoms with Crippen LogP contribution in [0.15, 0.2) is 0 Å². The summed E-state index contributed by atoms with van der Waals surface area (Å²) in [6.07, 6.45) is 4.10. The first-order valence-corrected chi connectivity index (χ1v) is 6.48. The van der Waals surface area contributed by atoms with Crippen LogP contribution in [0, 0.1) is 0 Å². The van der Waals surface area contributed by atoms with Crippen LogP contribution in [-0.4, -0.2) is 56.7 Å². The maximum absolute atomic E-state index is 11.5. The Bertz CT molecular complexity index is 214. The highest BCUT2D eigenvalue weighted by atomic mass is 16.5. The third-order valence-electron chi connectivity index (χ3n) is 3.21. The van der Waals surface area contributed by atoms with Crippen molar-refractivity contribution in [3.63, 3.8) is 0 Å². The summed E-state index contributed by atoms with van der Waals surface area (Å²) < 4.78 is 5.07. The zero-order chi connectivity index (χ0) is 12.5. The molecule has 1 unspecified atom stereocenters. The molecule has 1 aliphatic heterocycles. The molecule has 0 radical (unpaired) electrons. The minimum absolute atomic E-state index is 0.0271. The van der Waals surface area contributed by atoms with Gasteiger partial charge in [-0.1, -0.05) is 6.42 Å².